The van der Waals surface area contributed by atoms with E-state index in [9.17, 15) is 0 Å². The summed E-state index contributed by atoms with van der Waals surface area (Å²) < 4.78 is 0. The monoisotopic (exact) mass is 260 g/mol. The molecule has 0 aliphatic rings. The Morgan fingerprint density at radius 1 is 1.38 bits per heavy atom. The van der Waals surface area contributed by atoms with Crippen molar-refractivity contribution in [1.29, 1.82) is 0 Å². The molecule has 0 amide bonds. The Bertz CT molecular complexity index is 329. The van der Waals surface area contributed by atoms with Crippen molar-refractivity contribution in [3.05, 3.63) is 33.8 Å². The van der Waals surface area contributed by atoms with Crippen molar-refractivity contribution in [2.24, 2.45) is 11.7 Å². The van der Waals surface area contributed by atoms with Crippen molar-refractivity contribution < 1.29 is 0 Å². The minimum Gasteiger partial charge on any atom is -0.330 e. The summed E-state index contributed by atoms with van der Waals surface area (Å²) in [6.45, 7) is 4.70. The predicted molar refractivity (Wildman–Crippen MR) is 71.3 cm³/mol. The molecule has 16 heavy (non-hydrogen) atoms. The molecule has 1 aromatic carbocycles. The lowest BCUT2D eigenvalue weighted by Crippen LogP contribution is -2.27. The van der Waals surface area contributed by atoms with Gasteiger partial charge < -0.3 is 11.1 Å². The smallest absolute Gasteiger partial charge is 0.0453 e. The first kappa shape index (κ1) is 13.8. The number of nitrogens with two attached hydrogens (primary N) is 1. The number of hydrogen-bond donors (Lipinski definition) is 2. The van der Waals surface area contributed by atoms with Gasteiger partial charge >= 0.3 is 0 Å². The fraction of sp³-hybridized carbons (Fsp3) is 0.500. The van der Waals surface area contributed by atoms with Gasteiger partial charge in [0.1, 0.15) is 0 Å². The van der Waals surface area contributed by atoms with Crippen molar-refractivity contribution in [2.45, 2.75) is 13.3 Å². The molecule has 0 fully saturated rings. The molecule has 0 radical (unpaired) electrons. The topological polar surface area (TPSA) is 38.0 Å². The summed E-state index contributed by atoms with van der Waals surface area (Å²) in [5.74, 6) is 0.515. The Morgan fingerprint density at radius 2 is 2.12 bits per heavy atom. The highest BCUT2D eigenvalue weighted by atomic mass is 35.5. The number of halogens is 2. The highest BCUT2D eigenvalue weighted by Gasteiger charge is 2.02. The van der Waals surface area contributed by atoms with E-state index in [-0.39, 0.29) is 0 Å². The zero-order valence-corrected chi connectivity index (χ0v) is 11.0. The average molecular weight is 261 g/mol. The second kappa shape index (κ2) is 7.13. The Kier molecular flexibility index (Phi) is 6.14. The first-order valence-electron chi connectivity index (χ1n) is 5.48. The molecule has 3 N–H and O–H groups in total. The van der Waals surface area contributed by atoms with Crippen molar-refractivity contribution in [2.75, 3.05) is 19.6 Å². The fourth-order valence-electron chi connectivity index (χ4n) is 1.38. The maximum atomic E-state index is 6.07. The summed E-state index contributed by atoms with van der Waals surface area (Å²) in [7, 11) is 0. The lowest BCUT2D eigenvalue weighted by Gasteiger charge is -2.10. The molecule has 0 saturated carbocycles. The molecule has 4 heteroatoms. The molecule has 2 nitrogen and oxygen atoms in total. The normalized spacial score (nSPS) is 12.8. The molecule has 1 rings (SSSR count). The number of hydrogen-bond acceptors (Lipinski definition) is 2. The number of benzene rings is 1. The summed E-state index contributed by atoms with van der Waals surface area (Å²) in [6, 6.07) is 5.62. The summed E-state index contributed by atoms with van der Waals surface area (Å²) >= 11 is 11.9. The molecule has 0 aromatic heterocycles. The van der Waals surface area contributed by atoms with Gasteiger partial charge in [0.15, 0.2) is 0 Å². The summed E-state index contributed by atoms with van der Waals surface area (Å²) in [6.07, 6.45) is 0.910. The van der Waals surface area contributed by atoms with Crippen LogP contribution in [0.4, 0.5) is 0 Å². The van der Waals surface area contributed by atoms with Crippen molar-refractivity contribution in [1.82, 2.24) is 5.32 Å². The molecule has 0 bridgehead atoms. The van der Waals surface area contributed by atoms with Crippen LogP contribution in [0, 0.1) is 5.92 Å². The molecular weight excluding hydrogens is 243 g/mol. The van der Waals surface area contributed by atoms with E-state index in [0.717, 1.165) is 30.1 Å². The van der Waals surface area contributed by atoms with E-state index in [0.29, 0.717) is 17.5 Å². The largest absolute Gasteiger partial charge is 0.330 e. The van der Waals surface area contributed by atoms with E-state index in [1.807, 2.05) is 12.1 Å². The molecule has 0 heterocycles. The van der Waals surface area contributed by atoms with Gasteiger partial charge in [0.2, 0.25) is 0 Å². The third-order valence-corrected chi connectivity index (χ3v) is 3.07. The minimum atomic E-state index is 0.515. The number of rotatable bonds is 6. The molecule has 1 atom stereocenters. The lowest BCUT2D eigenvalue weighted by molar-refractivity contribution is 0.524. The van der Waals surface area contributed by atoms with Gasteiger partial charge in [-0.05, 0) is 49.7 Å². The Hall–Kier alpha value is -0.280. The van der Waals surface area contributed by atoms with Crippen molar-refractivity contribution in [3.63, 3.8) is 0 Å². The van der Waals surface area contributed by atoms with E-state index >= 15 is 0 Å². The predicted octanol–water partition coefficient (Wildman–Crippen LogP) is 2.72. The van der Waals surface area contributed by atoms with Gasteiger partial charge in [-0.3, -0.25) is 0 Å². The van der Waals surface area contributed by atoms with E-state index in [2.05, 4.69) is 12.2 Å². The van der Waals surface area contributed by atoms with Crippen LogP contribution in [0.2, 0.25) is 10.0 Å². The molecule has 1 unspecified atom stereocenters. The van der Waals surface area contributed by atoms with Crippen molar-refractivity contribution >= 4 is 23.2 Å². The third kappa shape index (κ3) is 4.71. The van der Waals surface area contributed by atoms with Gasteiger partial charge in [-0.1, -0.05) is 36.2 Å². The highest BCUT2D eigenvalue weighted by Crippen LogP contribution is 2.20. The maximum Gasteiger partial charge on any atom is 0.0453 e. The zero-order chi connectivity index (χ0) is 12.0. The molecule has 1 aromatic rings. The SMILES string of the molecule is CC(CN)CNCCc1ccc(Cl)cc1Cl. The van der Waals surface area contributed by atoms with Gasteiger partial charge in [0.05, 0.1) is 0 Å². The molecular formula is C12H18Cl2N2. The molecule has 0 aliphatic heterocycles. The second-order valence-corrected chi connectivity index (χ2v) is 4.87. The van der Waals surface area contributed by atoms with Crippen LogP contribution >= 0.6 is 23.2 Å². The van der Waals surface area contributed by atoms with Crippen LogP contribution < -0.4 is 11.1 Å². The van der Waals surface area contributed by atoms with E-state index in [1.54, 1.807) is 6.07 Å². The maximum absolute atomic E-state index is 6.07. The summed E-state index contributed by atoms with van der Waals surface area (Å²) in [4.78, 5) is 0. The average Bonchev–Trinajstić information content (AvgIpc) is 2.26. The van der Waals surface area contributed by atoms with Crippen LogP contribution in [0.5, 0.6) is 0 Å². The minimum absolute atomic E-state index is 0.515. The first-order chi connectivity index (χ1) is 7.63. The van der Waals surface area contributed by atoms with Gasteiger partial charge in [0, 0.05) is 10.0 Å². The number of nitrogens with one attached hydrogen (secondary N) is 1. The molecule has 0 aliphatic carbocycles. The summed E-state index contributed by atoms with van der Waals surface area (Å²) in [5, 5.41) is 4.77. The van der Waals surface area contributed by atoms with Gasteiger partial charge in [0.25, 0.3) is 0 Å². The molecule has 90 valence electrons. The lowest BCUT2D eigenvalue weighted by atomic mass is 10.1. The third-order valence-electron chi connectivity index (χ3n) is 2.48. The Morgan fingerprint density at radius 3 is 2.75 bits per heavy atom. The van der Waals surface area contributed by atoms with Crippen LogP contribution in [0.25, 0.3) is 0 Å². The zero-order valence-electron chi connectivity index (χ0n) is 9.47. The van der Waals surface area contributed by atoms with E-state index < -0.39 is 0 Å². The van der Waals surface area contributed by atoms with Gasteiger partial charge in [-0.2, -0.15) is 0 Å². The highest BCUT2D eigenvalue weighted by molar-refractivity contribution is 6.35. The van der Waals surface area contributed by atoms with Crippen LogP contribution in [0.3, 0.4) is 0 Å². The van der Waals surface area contributed by atoms with Gasteiger partial charge in [-0.25, -0.2) is 0 Å². The molecule has 0 saturated heterocycles. The second-order valence-electron chi connectivity index (χ2n) is 4.03. The van der Waals surface area contributed by atoms with Crippen LogP contribution in [0.15, 0.2) is 18.2 Å². The van der Waals surface area contributed by atoms with Crippen LogP contribution in [-0.2, 0) is 6.42 Å². The Labute approximate surface area is 107 Å². The summed E-state index contributed by atoms with van der Waals surface area (Å²) in [5.41, 5.74) is 6.65. The fourth-order valence-corrected chi connectivity index (χ4v) is 1.88. The van der Waals surface area contributed by atoms with Gasteiger partial charge in [-0.15, -0.1) is 0 Å². The van der Waals surface area contributed by atoms with E-state index in [4.69, 9.17) is 28.9 Å². The molecule has 0 spiro atoms. The van der Waals surface area contributed by atoms with Crippen LogP contribution in [0.1, 0.15) is 12.5 Å². The first-order valence-corrected chi connectivity index (χ1v) is 6.23. The quantitative estimate of drug-likeness (QED) is 0.773. The Balaban J connectivity index is 2.32. The standard InChI is InChI=1S/C12H18Cl2N2/c1-9(7-15)8-16-5-4-10-2-3-11(13)6-12(10)14/h2-3,6,9,16H,4-5,7-8,15H2,1H3. The van der Waals surface area contributed by atoms with E-state index in [1.165, 1.54) is 0 Å². The van der Waals surface area contributed by atoms with Crippen LogP contribution in [-0.4, -0.2) is 19.6 Å². The van der Waals surface area contributed by atoms with Crippen molar-refractivity contribution in [3.8, 4) is 0 Å².